The third-order valence-corrected chi connectivity index (χ3v) is 3.60. The van der Waals surface area contributed by atoms with Crippen LogP contribution in [-0.4, -0.2) is 20.9 Å². The normalized spacial score (nSPS) is 16.9. The average Bonchev–Trinajstić information content (AvgIpc) is 2.46. The van der Waals surface area contributed by atoms with Gasteiger partial charge in [-0.05, 0) is 23.8 Å². The molecule has 0 amide bonds. The van der Waals surface area contributed by atoms with E-state index in [-0.39, 0.29) is 6.10 Å². The van der Waals surface area contributed by atoms with Crippen LogP contribution in [0, 0.1) is 0 Å². The molecule has 1 aliphatic heterocycles. The lowest BCUT2D eigenvalue weighted by Crippen LogP contribution is -2.13. The Morgan fingerprint density at radius 2 is 1.90 bits per heavy atom. The lowest BCUT2D eigenvalue weighted by molar-refractivity contribution is 0.275. The highest BCUT2D eigenvalue weighted by Gasteiger charge is 2.18. The lowest BCUT2D eigenvalue weighted by atomic mass is 10.1. The van der Waals surface area contributed by atoms with Crippen LogP contribution in [0.5, 0.6) is 5.75 Å². The standard InChI is InChI=1S/C15H14N2O3S/c1-21(18,19)17-12-7-8-14-13(9-12)16-10-15(20-14)11-5-3-2-4-6-11/h2-10,15,17H,1H3. The largest absolute Gasteiger partial charge is 0.478 e. The fourth-order valence-electron chi connectivity index (χ4n) is 2.11. The number of nitrogens with one attached hydrogen (secondary N) is 1. The van der Waals surface area contributed by atoms with Gasteiger partial charge in [0, 0.05) is 0 Å². The summed E-state index contributed by atoms with van der Waals surface area (Å²) >= 11 is 0. The minimum absolute atomic E-state index is 0.229. The van der Waals surface area contributed by atoms with Crippen LogP contribution in [0.25, 0.3) is 0 Å². The van der Waals surface area contributed by atoms with E-state index < -0.39 is 10.0 Å². The summed E-state index contributed by atoms with van der Waals surface area (Å²) in [5, 5.41) is 0. The minimum atomic E-state index is -3.30. The maximum atomic E-state index is 11.2. The van der Waals surface area contributed by atoms with Crippen molar-refractivity contribution < 1.29 is 13.2 Å². The number of hydrogen-bond acceptors (Lipinski definition) is 4. The van der Waals surface area contributed by atoms with Crippen LogP contribution < -0.4 is 9.46 Å². The molecule has 0 bridgehead atoms. The zero-order valence-electron chi connectivity index (χ0n) is 11.4. The molecule has 1 N–H and O–H groups in total. The Kier molecular flexibility index (Phi) is 3.39. The zero-order valence-corrected chi connectivity index (χ0v) is 12.2. The van der Waals surface area contributed by atoms with Crippen LogP contribution >= 0.6 is 0 Å². The molecule has 0 radical (unpaired) electrons. The summed E-state index contributed by atoms with van der Waals surface area (Å²) < 4.78 is 30.7. The Bertz CT molecular complexity index is 786. The molecule has 108 valence electrons. The fraction of sp³-hybridized carbons (Fsp3) is 0.133. The Morgan fingerprint density at radius 3 is 2.62 bits per heavy atom. The summed E-state index contributed by atoms with van der Waals surface area (Å²) in [4.78, 5) is 4.36. The number of anilines is 1. The van der Waals surface area contributed by atoms with Crippen LogP contribution in [0.3, 0.4) is 0 Å². The van der Waals surface area contributed by atoms with Gasteiger partial charge in [-0.1, -0.05) is 30.3 Å². The molecule has 2 aromatic rings. The number of hydrogen-bond donors (Lipinski definition) is 1. The highest BCUT2D eigenvalue weighted by molar-refractivity contribution is 7.92. The molecule has 0 spiro atoms. The highest BCUT2D eigenvalue weighted by atomic mass is 32.2. The molecule has 21 heavy (non-hydrogen) atoms. The number of rotatable bonds is 3. The van der Waals surface area contributed by atoms with Gasteiger partial charge in [0.25, 0.3) is 0 Å². The van der Waals surface area contributed by atoms with E-state index in [1.165, 1.54) is 0 Å². The minimum Gasteiger partial charge on any atom is -0.478 e. The van der Waals surface area contributed by atoms with Gasteiger partial charge in [0.05, 0.1) is 18.2 Å². The van der Waals surface area contributed by atoms with Gasteiger partial charge in [0.1, 0.15) is 11.4 Å². The Morgan fingerprint density at radius 1 is 1.14 bits per heavy atom. The van der Waals surface area contributed by atoms with E-state index in [9.17, 15) is 8.42 Å². The second-order valence-electron chi connectivity index (χ2n) is 4.78. The molecule has 5 nitrogen and oxygen atoms in total. The van der Waals surface area contributed by atoms with Crippen molar-refractivity contribution in [1.29, 1.82) is 0 Å². The van der Waals surface area contributed by atoms with Crippen molar-refractivity contribution in [1.82, 2.24) is 0 Å². The zero-order chi connectivity index (χ0) is 14.9. The Balaban J connectivity index is 1.86. The molecule has 1 unspecified atom stereocenters. The van der Waals surface area contributed by atoms with Crippen LogP contribution in [-0.2, 0) is 10.0 Å². The predicted octanol–water partition coefficient (Wildman–Crippen LogP) is 2.89. The van der Waals surface area contributed by atoms with Crippen molar-refractivity contribution in [2.75, 3.05) is 11.0 Å². The molecule has 0 saturated carbocycles. The third-order valence-electron chi connectivity index (χ3n) is 2.99. The average molecular weight is 302 g/mol. The van der Waals surface area contributed by atoms with Crippen molar-refractivity contribution in [2.24, 2.45) is 4.99 Å². The smallest absolute Gasteiger partial charge is 0.229 e. The summed E-state index contributed by atoms with van der Waals surface area (Å²) in [6.45, 7) is 0. The quantitative estimate of drug-likeness (QED) is 0.948. The number of fused-ring (bicyclic) bond motifs is 1. The summed E-state index contributed by atoms with van der Waals surface area (Å²) in [5.74, 6) is 0.630. The maximum absolute atomic E-state index is 11.2. The summed E-state index contributed by atoms with van der Waals surface area (Å²) in [5.41, 5.74) is 2.09. The molecule has 3 rings (SSSR count). The SMILES string of the molecule is CS(=O)(=O)Nc1ccc2c(c1)N=CC(c1ccccc1)O2. The van der Waals surface area contributed by atoms with Gasteiger partial charge in [0.15, 0.2) is 6.10 Å². The lowest BCUT2D eigenvalue weighted by Gasteiger charge is -2.21. The number of benzene rings is 2. The molecule has 1 atom stereocenters. The van der Waals surface area contributed by atoms with E-state index in [4.69, 9.17) is 4.74 Å². The van der Waals surface area contributed by atoms with Crippen molar-refractivity contribution in [3.63, 3.8) is 0 Å². The molecular weight excluding hydrogens is 288 g/mol. The van der Waals surface area contributed by atoms with Gasteiger partial charge in [-0.25, -0.2) is 8.42 Å². The van der Waals surface area contributed by atoms with E-state index in [0.29, 0.717) is 17.1 Å². The summed E-state index contributed by atoms with van der Waals surface area (Å²) in [6, 6.07) is 14.8. The first-order valence-corrected chi connectivity index (χ1v) is 8.28. The van der Waals surface area contributed by atoms with Gasteiger partial charge >= 0.3 is 0 Å². The molecule has 6 heteroatoms. The Labute approximate surface area is 123 Å². The molecule has 0 aliphatic carbocycles. The Hall–Kier alpha value is -2.34. The molecule has 1 heterocycles. The topological polar surface area (TPSA) is 67.8 Å². The monoisotopic (exact) mass is 302 g/mol. The van der Waals surface area contributed by atoms with Gasteiger partial charge in [-0.2, -0.15) is 0 Å². The highest BCUT2D eigenvalue weighted by Crippen LogP contribution is 2.37. The van der Waals surface area contributed by atoms with E-state index in [1.807, 2.05) is 30.3 Å². The molecule has 0 fully saturated rings. The van der Waals surface area contributed by atoms with Crippen molar-refractivity contribution in [3.05, 3.63) is 54.1 Å². The van der Waals surface area contributed by atoms with Gasteiger partial charge in [-0.3, -0.25) is 9.71 Å². The van der Waals surface area contributed by atoms with Crippen LogP contribution in [0.4, 0.5) is 11.4 Å². The number of ether oxygens (including phenoxy) is 1. The molecule has 0 saturated heterocycles. The molecule has 0 aromatic heterocycles. The van der Waals surface area contributed by atoms with Crippen LogP contribution in [0.15, 0.2) is 53.5 Å². The summed E-state index contributed by atoms with van der Waals surface area (Å²) in [6.07, 6.45) is 2.59. The first-order valence-electron chi connectivity index (χ1n) is 6.39. The van der Waals surface area contributed by atoms with Crippen LogP contribution in [0.2, 0.25) is 0 Å². The van der Waals surface area contributed by atoms with Crippen molar-refractivity contribution in [2.45, 2.75) is 6.10 Å². The van der Waals surface area contributed by atoms with Gasteiger partial charge in [0.2, 0.25) is 10.0 Å². The van der Waals surface area contributed by atoms with E-state index >= 15 is 0 Å². The van der Waals surface area contributed by atoms with E-state index in [0.717, 1.165) is 11.8 Å². The molecule has 1 aliphatic rings. The summed E-state index contributed by atoms with van der Waals surface area (Å²) in [7, 11) is -3.30. The number of aliphatic imine (C=N–C) groups is 1. The molecular formula is C15H14N2O3S. The van der Waals surface area contributed by atoms with E-state index in [2.05, 4.69) is 9.71 Å². The number of nitrogens with zero attached hydrogens (tertiary/aromatic N) is 1. The first-order chi connectivity index (χ1) is 10.0. The predicted molar refractivity (Wildman–Crippen MR) is 82.9 cm³/mol. The maximum Gasteiger partial charge on any atom is 0.229 e. The second kappa shape index (κ2) is 5.21. The number of sulfonamides is 1. The van der Waals surface area contributed by atoms with Crippen molar-refractivity contribution in [3.8, 4) is 5.75 Å². The fourth-order valence-corrected chi connectivity index (χ4v) is 2.66. The third kappa shape index (κ3) is 3.22. The molecule has 2 aromatic carbocycles. The van der Waals surface area contributed by atoms with Crippen LogP contribution in [0.1, 0.15) is 11.7 Å². The van der Waals surface area contributed by atoms with Crippen molar-refractivity contribution >= 4 is 27.6 Å². The van der Waals surface area contributed by atoms with E-state index in [1.54, 1.807) is 24.4 Å². The second-order valence-corrected chi connectivity index (χ2v) is 6.53. The first kappa shape index (κ1) is 13.6. The van der Waals surface area contributed by atoms with Gasteiger partial charge in [-0.15, -0.1) is 0 Å². The van der Waals surface area contributed by atoms with Gasteiger partial charge < -0.3 is 4.74 Å².